The summed E-state index contributed by atoms with van der Waals surface area (Å²) in [4.78, 5) is 12.0. The van der Waals surface area contributed by atoms with Gasteiger partial charge in [0.15, 0.2) is 0 Å². The fraction of sp³-hybridized carbons (Fsp3) is 0.500. The molecule has 18 heavy (non-hydrogen) atoms. The molecule has 0 aliphatic heterocycles. The largest absolute Gasteiger partial charge is 0.508 e. The molecule has 0 radical (unpaired) electrons. The van der Waals surface area contributed by atoms with Gasteiger partial charge in [-0.15, -0.1) is 11.6 Å². The number of aryl methyl sites for hydroxylation is 1. The third-order valence-corrected chi connectivity index (χ3v) is 3.88. The van der Waals surface area contributed by atoms with E-state index in [0.29, 0.717) is 18.0 Å². The van der Waals surface area contributed by atoms with E-state index < -0.39 is 0 Å². The van der Waals surface area contributed by atoms with E-state index in [1.54, 1.807) is 12.1 Å². The van der Waals surface area contributed by atoms with E-state index in [1.165, 1.54) is 6.07 Å². The first-order valence-electron chi connectivity index (χ1n) is 6.28. The van der Waals surface area contributed by atoms with Gasteiger partial charge in [0.05, 0.1) is 0 Å². The zero-order valence-electron chi connectivity index (χ0n) is 10.4. The molecule has 0 bridgehead atoms. The van der Waals surface area contributed by atoms with Crippen molar-refractivity contribution < 1.29 is 9.90 Å². The van der Waals surface area contributed by atoms with Crippen LogP contribution in [0.15, 0.2) is 18.2 Å². The number of carbonyl (C=O) groups excluding carboxylic acids is 1. The number of benzene rings is 1. The molecule has 4 heteroatoms. The highest BCUT2D eigenvalue weighted by molar-refractivity contribution is 6.20. The van der Waals surface area contributed by atoms with Gasteiger partial charge in [-0.2, -0.15) is 0 Å². The molecular weight excluding hydrogens is 250 g/mol. The van der Waals surface area contributed by atoms with E-state index in [4.69, 9.17) is 11.6 Å². The number of nitrogens with one attached hydrogen (secondary N) is 1. The molecule has 0 spiro atoms. The van der Waals surface area contributed by atoms with E-state index in [1.807, 2.05) is 6.92 Å². The van der Waals surface area contributed by atoms with Crippen molar-refractivity contribution in [1.82, 2.24) is 5.32 Å². The van der Waals surface area contributed by atoms with Crippen LogP contribution in [-0.2, 0) is 0 Å². The highest BCUT2D eigenvalue weighted by atomic mass is 35.5. The van der Waals surface area contributed by atoms with Gasteiger partial charge in [0.1, 0.15) is 5.75 Å². The summed E-state index contributed by atoms with van der Waals surface area (Å²) in [7, 11) is 0. The lowest BCUT2D eigenvalue weighted by Gasteiger charge is -2.12. The van der Waals surface area contributed by atoms with E-state index in [2.05, 4.69) is 5.32 Å². The smallest absolute Gasteiger partial charge is 0.251 e. The average Bonchev–Trinajstić information content (AvgIpc) is 2.72. The van der Waals surface area contributed by atoms with Crippen LogP contribution in [0.2, 0.25) is 0 Å². The summed E-state index contributed by atoms with van der Waals surface area (Å²) < 4.78 is 0. The maximum Gasteiger partial charge on any atom is 0.251 e. The Bertz CT molecular complexity index is 447. The Morgan fingerprint density at radius 3 is 2.89 bits per heavy atom. The van der Waals surface area contributed by atoms with Crippen LogP contribution in [0, 0.1) is 12.8 Å². The average molecular weight is 268 g/mol. The normalized spacial score (nSPS) is 23.0. The molecule has 1 aliphatic carbocycles. The lowest BCUT2D eigenvalue weighted by Crippen LogP contribution is -2.29. The monoisotopic (exact) mass is 267 g/mol. The SMILES string of the molecule is Cc1cc(O)ccc1C(=O)NCC1CCC(Cl)C1. The Hall–Kier alpha value is -1.22. The molecule has 1 amide bonds. The molecule has 2 N–H and O–H groups in total. The third-order valence-electron chi connectivity index (χ3n) is 3.48. The topological polar surface area (TPSA) is 49.3 Å². The summed E-state index contributed by atoms with van der Waals surface area (Å²) in [5, 5.41) is 12.5. The summed E-state index contributed by atoms with van der Waals surface area (Å²) in [6.45, 7) is 2.50. The molecule has 2 atom stereocenters. The van der Waals surface area contributed by atoms with Crippen LogP contribution in [0.25, 0.3) is 0 Å². The van der Waals surface area contributed by atoms with Crippen molar-refractivity contribution in [3.8, 4) is 5.75 Å². The Labute approximate surface area is 112 Å². The molecule has 0 aromatic heterocycles. The predicted molar refractivity (Wildman–Crippen MR) is 72.2 cm³/mol. The minimum absolute atomic E-state index is 0.0782. The summed E-state index contributed by atoms with van der Waals surface area (Å²) in [5.74, 6) is 0.601. The zero-order chi connectivity index (χ0) is 13.1. The standard InChI is InChI=1S/C14H18ClNO2/c1-9-6-12(17)4-5-13(9)14(18)16-8-10-2-3-11(15)7-10/h4-6,10-11,17H,2-3,7-8H2,1H3,(H,16,18). The first-order valence-corrected chi connectivity index (χ1v) is 6.72. The maximum atomic E-state index is 12.0. The van der Waals surface area contributed by atoms with E-state index >= 15 is 0 Å². The molecule has 1 aliphatic rings. The molecule has 0 heterocycles. The number of hydrogen-bond donors (Lipinski definition) is 2. The van der Waals surface area contributed by atoms with Gasteiger partial charge >= 0.3 is 0 Å². The number of rotatable bonds is 3. The van der Waals surface area contributed by atoms with Gasteiger partial charge in [0, 0.05) is 17.5 Å². The van der Waals surface area contributed by atoms with Crippen molar-refractivity contribution in [2.75, 3.05) is 6.54 Å². The number of hydrogen-bond acceptors (Lipinski definition) is 2. The van der Waals surface area contributed by atoms with Crippen LogP contribution in [0.5, 0.6) is 5.75 Å². The van der Waals surface area contributed by atoms with Crippen LogP contribution in [0.1, 0.15) is 35.2 Å². The Morgan fingerprint density at radius 1 is 1.50 bits per heavy atom. The zero-order valence-corrected chi connectivity index (χ0v) is 11.2. The van der Waals surface area contributed by atoms with Gasteiger partial charge in [-0.25, -0.2) is 0 Å². The second-order valence-electron chi connectivity index (χ2n) is 4.99. The van der Waals surface area contributed by atoms with Crippen LogP contribution < -0.4 is 5.32 Å². The molecule has 1 fully saturated rings. The van der Waals surface area contributed by atoms with Gasteiger partial charge in [-0.1, -0.05) is 0 Å². The van der Waals surface area contributed by atoms with Crippen LogP contribution in [-0.4, -0.2) is 22.9 Å². The third kappa shape index (κ3) is 3.16. The first-order chi connectivity index (χ1) is 8.56. The number of aromatic hydroxyl groups is 1. The summed E-state index contributed by atoms with van der Waals surface area (Å²) in [6, 6.07) is 4.78. The fourth-order valence-corrected chi connectivity index (χ4v) is 2.81. The number of phenolic OH excluding ortho intramolecular Hbond substituents is 1. The van der Waals surface area contributed by atoms with Crippen LogP contribution in [0.3, 0.4) is 0 Å². The van der Waals surface area contributed by atoms with Crippen LogP contribution >= 0.6 is 11.6 Å². The van der Waals surface area contributed by atoms with E-state index in [9.17, 15) is 9.90 Å². The number of amides is 1. The highest BCUT2D eigenvalue weighted by Gasteiger charge is 2.23. The molecule has 0 saturated heterocycles. The van der Waals surface area contributed by atoms with E-state index in [-0.39, 0.29) is 17.0 Å². The van der Waals surface area contributed by atoms with Crippen molar-refractivity contribution in [1.29, 1.82) is 0 Å². The molecule has 98 valence electrons. The van der Waals surface area contributed by atoms with Crippen molar-refractivity contribution in [2.24, 2.45) is 5.92 Å². The first kappa shape index (κ1) is 13.2. The fourth-order valence-electron chi connectivity index (χ4n) is 2.43. The molecule has 1 saturated carbocycles. The number of phenols is 1. The Morgan fingerprint density at radius 2 is 2.28 bits per heavy atom. The summed E-state index contributed by atoms with van der Waals surface area (Å²) in [6.07, 6.45) is 3.11. The quantitative estimate of drug-likeness (QED) is 0.828. The van der Waals surface area contributed by atoms with Gasteiger partial charge in [-0.05, 0) is 55.9 Å². The highest BCUT2D eigenvalue weighted by Crippen LogP contribution is 2.28. The number of carbonyl (C=O) groups is 1. The van der Waals surface area contributed by atoms with Gasteiger partial charge in [0.2, 0.25) is 0 Å². The van der Waals surface area contributed by atoms with Crippen molar-refractivity contribution in [2.45, 2.75) is 31.6 Å². The summed E-state index contributed by atoms with van der Waals surface area (Å²) in [5.41, 5.74) is 1.40. The predicted octanol–water partition coefficient (Wildman–Crippen LogP) is 2.84. The minimum atomic E-state index is -0.0782. The number of alkyl halides is 1. The second kappa shape index (κ2) is 5.61. The Balaban J connectivity index is 1.91. The molecular formula is C14H18ClNO2. The molecule has 2 rings (SSSR count). The van der Waals surface area contributed by atoms with Crippen molar-refractivity contribution in [3.05, 3.63) is 29.3 Å². The van der Waals surface area contributed by atoms with E-state index in [0.717, 1.165) is 24.8 Å². The lowest BCUT2D eigenvalue weighted by molar-refractivity contribution is 0.0947. The van der Waals surface area contributed by atoms with Crippen LogP contribution in [0.4, 0.5) is 0 Å². The van der Waals surface area contributed by atoms with Crippen molar-refractivity contribution in [3.63, 3.8) is 0 Å². The Kier molecular flexibility index (Phi) is 4.12. The lowest BCUT2D eigenvalue weighted by atomic mass is 10.1. The van der Waals surface area contributed by atoms with Gasteiger partial charge < -0.3 is 10.4 Å². The summed E-state index contributed by atoms with van der Waals surface area (Å²) >= 11 is 6.04. The van der Waals surface area contributed by atoms with Gasteiger partial charge in [0.25, 0.3) is 5.91 Å². The molecule has 2 unspecified atom stereocenters. The maximum absolute atomic E-state index is 12.0. The molecule has 1 aromatic rings. The van der Waals surface area contributed by atoms with Crippen molar-refractivity contribution >= 4 is 17.5 Å². The number of halogens is 1. The molecule has 1 aromatic carbocycles. The minimum Gasteiger partial charge on any atom is -0.508 e. The van der Waals surface area contributed by atoms with Gasteiger partial charge in [-0.3, -0.25) is 4.79 Å². The second-order valence-corrected chi connectivity index (χ2v) is 5.60. The molecule has 3 nitrogen and oxygen atoms in total.